The molecule has 3 aromatic rings. The number of nitrogens with one attached hydrogen (secondary N) is 1. The number of benzene rings is 1. The van der Waals surface area contributed by atoms with Gasteiger partial charge in [-0.25, -0.2) is 4.98 Å². The van der Waals surface area contributed by atoms with Gasteiger partial charge >= 0.3 is 6.61 Å². The molecule has 1 N–H and O–H groups in total. The maximum atomic E-state index is 12.5. The summed E-state index contributed by atoms with van der Waals surface area (Å²) in [4.78, 5) is 31.6. The Morgan fingerprint density at radius 1 is 1.36 bits per heavy atom. The monoisotopic (exact) mass is 366 g/mol. The van der Waals surface area contributed by atoms with Crippen LogP contribution in [0.2, 0.25) is 0 Å². The van der Waals surface area contributed by atoms with Crippen LogP contribution < -0.4 is 15.0 Å². The van der Waals surface area contributed by atoms with Gasteiger partial charge in [-0.05, 0) is 17.5 Å². The quantitative estimate of drug-likeness (QED) is 0.678. The number of H-pyrrole nitrogens is 1. The average molecular weight is 366 g/mol. The minimum Gasteiger partial charge on any atom is -0.493 e. The van der Waals surface area contributed by atoms with E-state index in [2.05, 4.69) is 14.7 Å². The lowest BCUT2D eigenvalue weighted by Crippen LogP contribution is -2.15. The van der Waals surface area contributed by atoms with Crippen molar-refractivity contribution in [3.63, 3.8) is 0 Å². The van der Waals surface area contributed by atoms with E-state index in [1.807, 2.05) is 0 Å². The molecule has 0 bridgehead atoms. The highest BCUT2D eigenvalue weighted by molar-refractivity contribution is 7.12. The van der Waals surface area contributed by atoms with Crippen LogP contribution in [0.15, 0.2) is 34.4 Å². The lowest BCUT2D eigenvalue weighted by atomic mass is 10.2. The van der Waals surface area contributed by atoms with Crippen molar-refractivity contribution in [1.82, 2.24) is 9.97 Å². The summed E-state index contributed by atoms with van der Waals surface area (Å²) < 4.78 is 34.4. The number of fused-ring (bicyclic) bond motifs is 1. The van der Waals surface area contributed by atoms with Crippen LogP contribution in [0.25, 0.3) is 10.9 Å². The van der Waals surface area contributed by atoms with E-state index in [4.69, 9.17) is 4.74 Å². The lowest BCUT2D eigenvalue weighted by molar-refractivity contribution is -0.0511. The summed E-state index contributed by atoms with van der Waals surface area (Å²) in [6, 6.07) is 5.87. The summed E-state index contributed by atoms with van der Waals surface area (Å²) in [7, 11) is 1.27. The van der Waals surface area contributed by atoms with Crippen molar-refractivity contribution in [1.29, 1.82) is 0 Å². The van der Waals surface area contributed by atoms with Crippen molar-refractivity contribution in [2.24, 2.45) is 0 Å². The predicted octanol–water partition coefficient (Wildman–Crippen LogP) is 3.02. The molecule has 0 atom stereocenters. The molecule has 0 amide bonds. The predicted molar refractivity (Wildman–Crippen MR) is 87.9 cm³/mol. The molecule has 0 aliphatic heterocycles. The van der Waals surface area contributed by atoms with Gasteiger partial charge in [0, 0.05) is 6.07 Å². The molecule has 2 aromatic heterocycles. The first-order valence-electron chi connectivity index (χ1n) is 7.10. The van der Waals surface area contributed by atoms with E-state index in [-0.39, 0.29) is 40.4 Å². The Bertz CT molecular complexity index is 970. The molecule has 0 unspecified atom stereocenters. The molecule has 9 heteroatoms. The number of hydrogen-bond acceptors (Lipinski definition) is 6. The van der Waals surface area contributed by atoms with E-state index in [0.29, 0.717) is 4.88 Å². The number of alkyl halides is 2. The van der Waals surface area contributed by atoms with Crippen LogP contribution in [0.1, 0.15) is 15.5 Å². The van der Waals surface area contributed by atoms with Crippen LogP contribution in [0.3, 0.4) is 0 Å². The van der Waals surface area contributed by atoms with Gasteiger partial charge in [0.15, 0.2) is 17.3 Å². The number of thiophene rings is 1. The first-order chi connectivity index (χ1) is 12.0. The number of aromatic amines is 1. The molecule has 0 fully saturated rings. The van der Waals surface area contributed by atoms with E-state index in [1.54, 1.807) is 17.5 Å². The Labute approximate surface area is 144 Å². The lowest BCUT2D eigenvalue weighted by Gasteiger charge is -2.11. The summed E-state index contributed by atoms with van der Waals surface area (Å²) in [5.74, 6) is -0.305. The maximum absolute atomic E-state index is 12.5. The first-order valence-corrected chi connectivity index (χ1v) is 7.98. The van der Waals surface area contributed by atoms with Crippen LogP contribution in [-0.2, 0) is 6.42 Å². The molecule has 2 heterocycles. The second-order valence-electron chi connectivity index (χ2n) is 4.99. The molecular weight excluding hydrogens is 354 g/mol. The zero-order valence-electron chi connectivity index (χ0n) is 12.9. The largest absolute Gasteiger partial charge is 0.493 e. The molecule has 0 radical (unpaired) electrons. The van der Waals surface area contributed by atoms with Crippen molar-refractivity contribution in [2.45, 2.75) is 13.0 Å². The number of halogens is 2. The van der Waals surface area contributed by atoms with Gasteiger partial charge in [-0.1, -0.05) is 6.07 Å². The fraction of sp³-hybridized carbons (Fsp3) is 0.188. The maximum Gasteiger partial charge on any atom is 0.387 e. The highest BCUT2D eigenvalue weighted by Crippen LogP contribution is 2.31. The number of methoxy groups -OCH3 is 1. The number of ketones is 1. The van der Waals surface area contributed by atoms with Crippen LogP contribution in [-0.4, -0.2) is 29.5 Å². The van der Waals surface area contributed by atoms with Gasteiger partial charge in [-0.3, -0.25) is 9.59 Å². The van der Waals surface area contributed by atoms with Gasteiger partial charge in [0.2, 0.25) is 0 Å². The summed E-state index contributed by atoms with van der Waals surface area (Å²) >= 11 is 1.28. The van der Waals surface area contributed by atoms with Gasteiger partial charge in [0.05, 0.1) is 29.3 Å². The van der Waals surface area contributed by atoms with Crippen LogP contribution >= 0.6 is 11.3 Å². The average Bonchev–Trinajstić information content (AvgIpc) is 3.08. The topological polar surface area (TPSA) is 81.3 Å². The van der Waals surface area contributed by atoms with Gasteiger partial charge in [0.25, 0.3) is 5.56 Å². The molecule has 0 aliphatic carbocycles. The van der Waals surface area contributed by atoms with E-state index in [1.165, 1.54) is 30.6 Å². The van der Waals surface area contributed by atoms with Crippen LogP contribution in [0.5, 0.6) is 11.5 Å². The van der Waals surface area contributed by atoms with Crippen molar-refractivity contribution in [2.75, 3.05) is 7.11 Å². The van der Waals surface area contributed by atoms with Gasteiger partial charge in [-0.2, -0.15) is 8.78 Å². The van der Waals surface area contributed by atoms with Gasteiger partial charge < -0.3 is 14.5 Å². The minimum atomic E-state index is -3.05. The fourth-order valence-electron chi connectivity index (χ4n) is 2.30. The number of carbonyl (C=O) groups excluding carboxylic acids is 1. The number of aromatic nitrogens is 2. The molecule has 0 aliphatic rings. The molecule has 130 valence electrons. The number of ether oxygens (including phenoxy) is 2. The number of nitrogens with zero attached hydrogens (tertiary/aromatic N) is 1. The molecule has 1 aromatic carbocycles. The van der Waals surface area contributed by atoms with E-state index < -0.39 is 12.2 Å². The van der Waals surface area contributed by atoms with Crippen LogP contribution in [0.4, 0.5) is 8.78 Å². The summed E-state index contributed by atoms with van der Waals surface area (Å²) in [5, 5.41) is 1.91. The number of Topliss-reactive ketones (excluding diaryl/α,β-unsaturated/α-hetero) is 1. The van der Waals surface area contributed by atoms with Gasteiger partial charge in [0.1, 0.15) is 5.82 Å². The molecule has 0 saturated heterocycles. The minimum absolute atomic E-state index is 0.0116. The Balaban J connectivity index is 2.02. The first kappa shape index (κ1) is 17.0. The van der Waals surface area contributed by atoms with Crippen molar-refractivity contribution >= 4 is 28.0 Å². The van der Waals surface area contributed by atoms with E-state index >= 15 is 0 Å². The van der Waals surface area contributed by atoms with E-state index in [0.717, 1.165) is 0 Å². The standard InChI is InChI=1S/C16H12F2N2O4S/c1-23-11-5-8-9(6-12(11)24-16(17)18)19-14(20-15(8)22)7-10(21)13-3-2-4-25-13/h2-6,16H,7H2,1H3,(H,19,20,22). The third kappa shape index (κ3) is 3.66. The Morgan fingerprint density at radius 3 is 2.80 bits per heavy atom. The highest BCUT2D eigenvalue weighted by atomic mass is 32.1. The molecule has 6 nitrogen and oxygen atoms in total. The second-order valence-corrected chi connectivity index (χ2v) is 5.94. The van der Waals surface area contributed by atoms with Crippen LogP contribution in [0, 0.1) is 0 Å². The normalized spacial score (nSPS) is 11.0. The second kappa shape index (κ2) is 6.98. The third-order valence-electron chi connectivity index (χ3n) is 3.38. The molecule has 25 heavy (non-hydrogen) atoms. The van der Waals surface area contributed by atoms with Crippen molar-refractivity contribution in [3.05, 3.63) is 50.7 Å². The Kier molecular flexibility index (Phi) is 4.75. The van der Waals surface area contributed by atoms with Gasteiger partial charge in [-0.15, -0.1) is 11.3 Å². The number of carbonyl (C=O) groups is 1. The fourth-order valence-corrected chi connectivity index (χ4v) is 2.97. The molecular formula is C16H12F2N2O4S. The zero-order chi connectivity index (χ0) is 18.0. The number of hydrogen-bond donors (Lipinski definition) is 1. The SMILES string of the molecule is COc1cc2c(=O)[nH]c(CC(=O)c3cccs3)nc2cc1OC(F)F. The Hall–Kier alpha value is -2.81. The van der Waals surface area contributed by atoms with E-state index in [9.17, 15) is 18.4 Å². The van der Waals surface area contributed by atoms with Crippen molar-refractivity contribution < 1.29 is 23.0 Å². The zero-order valence-corrected chi connectivity index (χ0v) is 13.7. The summed E-state index contributed by atoms with van der Waals surface area (Å²) in [5.41, 5.74) is -0.366. The smallest absolute Gasteiger partial charge is 0.387 e. The third-order valence-corrected chi connectivity index (χ3v) is 4.29. The Morgan fingerprint density at radius 2 is 2.16 bits per heavy atom. The number of rotatable bonds is 6. The highest BCUT2D eigenvalue weighted by Gasteiger charge is 2.16. The van der Waals surface area contributed by atoms with Crippen molar-refractivity contribution in [3.8, 4) is 11.5 Å². The summed E-state index contributed by atoms with van der Waals surface area (Å²) in [6.07, 6.45) is -0.108. The molecule has 3 rings (SSSR count). The molecule has 0 spiro atoms. The summed E-state index contributed by atoms with van der Waals surface area (Å²) in [6.45, 7) is -3.05. The molecule has 0 saturated carbocycles.